The standard InChI is InChI=1S/C16H15N3O3/c1-22-13-5-2-11(3-6-13)12-4-7-15-14(10-12)16(21)19(8-9-20)18-17-15/h2-7,10,20H,8-9H2,1H3. The van der Waals surface area contributed by atoms with Gasteiger partial charge >= 0.3 is 0 Å². The molecule has 0 atom stereocenters. The maximum absolute atomic E-state index is 12.3. The molecule has 0 aliphatic heterocycles. The van der Waals surface area contributed by atoms with Crippen LogP contribution in [0.25, 0.3) is 22.0 Å². The molecule has 0 fully saturated rings. The first kappa shape index (κ1) is 14.2. The molecule has 1 aromatic heterocycles. The Balaban J connectivity index is 2.11. The van der Waals surface area contributed by atoms with Crippen LogP contribution in [-0.4, -0.2) is 33.8 Å². The zero-order valence-corrected chi connectivity index (χ0v) is 12.1. The van der Waals surface area contributed by atoms with Gasteiger partial charge in [0.2, 0.25) is 0 Å². The van der Waals surface area contributed by atoms with Crippen LogP contribution in [0, 0.1) is 0 Å². The van der Waals surface area contributed by atoms with Gasteiger partial charge in [-0.05, 0) is 35.4 Å². The molecule has 3 rings (SSSR count). The van der Waals surface area contributed by atoms with E-state index in [1.54, 1.807) is 19.2 Å². The van der Waals surface area contributed by atoms with E-state index in [9.17, 15) is 4.79 Å². The second-order valence-electron chi connectivity index (χ2n) is 4.80. The lowest BCUT2D eigenvalue weighted by Gasteiger charge is -2.06. The summed E-state index contributed by atoms with van der Waals surface area (Å²) in [5, 5.41) is 17.2. The third-order valence-corrected chi connectivity index (χ3v) is 3.46. The molecule has 0 amide bonds. The van der Waals surface area contributed by atoms with Gasteiger partial charge in [-0.25, -0.2) is 4.68 Å². The Morgan fingerprint density at radius 2 is 1.86 bits per heavy atom. The van der Waals surface area contributed by atoms with Crippen LogP contribution in [-0.2, 0) is 6.54 Å². The lowest BCUT2D eigenvalue weighted by atomic mass is 10.0. The van der Waals surface area contributed by atoms with Crippen molar-refractivity contribution >= 4 is 10.9 Å². The number of aliphatic hydroxyl groups excluding tert-OH is 1. The number of hydrogen-bond acceptors (Lipinski definition) is 5. The molecule has 2 aromatic carbocycles. The van der Waals surface area contributed by atoms with Crippen molar-refractivity contribution in [3.05, 3.63) is 52.8 Å². The quantitative estimate of drug-likeness (QED) is 0.789. The summed E-state index contributed by atoms with van der Waals surface area (Å²) >= 11 is 0. The van der Waals surface area contributed by atoms with E-state index in [-0.39, 0.29) is 18.7 Å². The normalized spacial score (nSPS) is 10.8. The van der Waals surface area contributed by atoms with Gasteiger partial charge in [-0.1, -0.05) is 23.4 Å². The monoisotopic (exact) mass is 297 g/mol. The van der Waals surface area contributed by atoms with Crippen LogP contribution in [0.3, 0.4) is 0 Å². The first-order valence-electron chi connectivity index (χ1n) is 6.86. The Bertz CT molecular complexity index is 857. The van der Waals surface area contributed by atoms with Crippen molar-refractivity contribution < 1.29 is 9.84 Å². The molecule has 1 heterocycles. The zero-order chi connectivity index (χ0) is 15.5. The molecule has 0 radical (unpaired) electrons. The van der Waals surface area contributed by atoms with Gasteiger partial charge in [0.1, 0.15) is 11.3 Å². The number of ether oxygens (including phenoxy) is 1. The summed E-state index contributed by atoms with van der Waals surface area (Å²) < 4.78 is 6.31. The number of hydrogen-bond donors (Lipinski definition) is 1. The minimum absolute atomic E-state index is 0.133. The number of fused-ring (bicyclic) bond motifs is 1. The molecule has 1 N–H and O–H groups in total. The molecule has 22 heavy (non-hydrogen) atoms. The minimum Gasteiger partial charge on any atom is -0.497 e. The topological polar surface area (TPSA) is 77.2 Å². The van der Waals surface area contributed by atoms with Crippen molar-refractivity contribution in [2.24, 2.45) is 0 Å². The van der Waals surface area contributed by atoms with Crippen LogP contribution in [0.15, 0.2) is 47.3 Å². The van der Waals surface area contributed by atoms with Crippen LogP contribution in [0.2, 0.25) is 0 Å². The van der Waals surface area contributed by atoms with Gasteiger partial charge in [-0.15, -0.1) is 5.10 Å². The van der Waals surface area contributed by atoms with Gasteiger partial charge < -0.3 is 9.84 Å². The number of aromatic nitrogens is 3. The summed E-state index contributed by atoms with van der Waals surface area (Å²) in [6.45, 7) is -0.0210. The Labute approximate surface area is 126 Å². The fraction of sp³-hybridized carbons (Fsp3) is 0.188. The lowest BCUT2D eigenvalue weighted by molar-refractivity contribution is 0.264. The Kier molecular flexibility index (Phi) is 3.84. The van der Waals surface area contributed by atoms with Gasteiger partial charge in [0.25, 0.3) is 5.56 Å². The molecule has 112 valence electrons. The number of benzene rings is 2. The fourth-order valence-corrected chi connectivity index (χ4v) is 2.28. The average Bonchev–Trinajstić information content (AvgIpc) is 2.57. The summed E-state index contributed by atoms with van der Waals surface area (Å²) in [5.74, 6) is 0.778. The number of methoxy groups -OCH3 is 1. The molecule has 0 saturated carbocycles. The summed E-state index contributed by atoms with van der Waals surface area (Å²) in [6, 6.07) is 13.1. The van der Waals surface area contributed by atoms with Crippen molar-refractivity contribution in [2.45, 2.75) is 6.54 Å². The largest absolute Gasteiger partial charge is 0.497 e. The van der Waals surface area contributed by atoms with Crippen molar-refractivity contribution in [3.8, 4) is 16.9 Å². The maximum Gasteiger partial charge on any atom is 0.277 e. The number of rotatable bonds is 4. The molecule has 0 unspecified atom stereocenters. The van der Waals surface area contributed by atoms with Gasteiger partial charge in [0.15, 0.2) is 0 Å². The average molecular weight is 297 g/mol. The molecule has 0 aliphatic carbocycles. The molecule has 6 heteroatoms. The predicted octanol–water partition coefficient (Wildman–Crippen LogP) is 1.46. The molecular weight excluding hydrogens is 282 g/mol. The summed E-state index contributed by atoms with van der Waals surface area (Å²) in [4.78, 5) is 12.3. The highest BCUT2D eigenvalue weighted by Gasteiger charge is 2.07. The molecule has 3 aromatic rings. The van der Waals surface area contributed by atoms with E-state index in [2.05, 4.69) is 10.3 Å². The van der Waals surface area contributed by atoms with Crippen LogP contribution in [0.1, 0.15) is 0 Å². The number of nitrogens with zero attached hydrogens (tertiary/aromatic N) is 3. The first-order valence-corrected chi connectivity index (χ1v) is 6.86. The number of aliphatic hydroxyl groups is 1. The van der Waals surface area contributed by atoms with E-state index >= 15 is 0 Å². The van der Waals surface area contributed by atoms with Crippen molar-refractivity contribution in [1.82, 2.24) is 15.0 Å². The fourth-order valence-electron chi connectivity index (χ4n) is 2.28. The highest BCUT2D eigenvalue weighted by molar-refractivity contribution is 5.83. The van der Waals surface area contributed by atoms with E-state index in [0.717, 1.165) is 16.9 Å². The van der Waals surface area contributed by atoms with E-state index in [1.807, 2.05) is 30.3 Å². The molecule has 6 nitrogen and oxygen atoms in total. The van der Waals surface area contributed by atoms with E-state index in [4.69, 9.17) is 9.84 Å². The summed E-state index contributed by atoms with van der Waals surface area (Å²) in [6.07, 6.45) is 0. The van der Waals surface area contributed by atoms with Crippen LogP contribution >= 0.6 is 0 Å². The molecule has 0 saturated heterocycles. The lowest BCUT2D eigenvalue weighted by Crippen LogP contribution is -2.25. The third-order valence-electron chi connectivity index (χ3n) is 3.46. The smallest absolute Gasteiger partial charge is 0.277 e. The zero-order valence-electron chi connectivity index (χ0n) is 12.1. The summed E-state index contributed by atoms with van der Waals surface area (Å²) in [7, 11) is 1.62. The Morgan fingerprint density at radius 3 is 2.55 bits per heavy atom. The van der Waals surface area contributed by atoms with Crippen molar-refractivity contribution in [1.29, 1.82) is 0 Å². The van der Waals surface area contributed by atoms with Crippen LogP contribution in [0.4, 0.5) is 0 Å². The minimum atomic E-state index is -0.255. The van der Waals surface area contributed by atoms with Gasteiger partial charge in [0, 0.05) is 0 Å². The predicted molar refractivity (Wildman–Crippen MR) is 82.9 cm³/mol. The van der Waals surface area contributed by atoms with Crippen molar-refractivity contribution in [3.63, 3.8) is 0 Å². The van der Waals surface area contributed by atoms with Crippen LogP contribution in [0.5, 0.6) is 5.75 Å². The van der Waals surface area contributed by atoms with Gasteiger partial charge in [0.05, 0.1) is 25.6 Å². The Morgan fingerprint density at radius 1 is 1.14 bits per heavy atom. The first-order chi connectivity index (χ1) is 10.7. The molecule has 0 aliphatic rings. The van der Waals surface area contributed by atoms with Crippen molar-refractivity contribution in [2.75, 3.05) is 13.7 Å². The SMILES string of the molecule is COc1ccc(-c2ccc3nnn(CCO)c(=O)c3c2)cc1. The van der Waals surface area contributed by atoms with Gasteiger partial charge in [-0.2, -0.15) is 0 Å². The molecule has 0 spiro atoms. The molecule has 0 bridgehead atoms. The maximum atomic E-state index is 12.3. The highest BCUT2D eigenvalue weighted by atomic mass is 16.5. The van der Waals surface area contributed by atoms with Gasteiger partial charge in [-0.3, -0.25) is 4.79 Å². The third kappa shape index (κ3) is 2.56. The second kappa shape index (κ2) is 5.95. The second-order valence-corrected chi connectivity index (χ2v) is 4.80. The van der Waals surface area contributed by atoms with E-state index in [1.165, 1.54) is 4.68 Å². The Hall–Kier alpha value is -2.73. The van der Waals surface area contributed by atoms with Crippen LogP contribution < -0.4 is 10.3 Å². The van der Waals surface area contributed by atoms with E-state index in [0.29, 0.717) is 10.9 Å². The van der Waals surface area contributed by atoms with E-state index < -0.39 is 0 Å². The highest BCUT2D eigenvalue weighted by Crippen LogP contribution is 2.24. The summed E-state index contributed by atoms with van der Waals surface area (Å²) in [5.41, 5.74) is 2.18. The molecular formula is C16H15N3O3.